The summed E-state index contributed by atoms with van der Waals surface area (Å²) in [6.45, 7) is 9.24. The second-order valence-corrected chi connectivity index (χ2v) is 6.82. The summed E-state index contributed by atoms with van der Waals surface area (Å²) in [5.41, 5.74) is -0.0458. The van der Waals surface area contributed by atoms with Gasteiger partial charge in [-0.3, -0.25) is 4.90 Å². The SMILES string of the molecule is CCCNC(CO)(CN1[C@H](C)CCC[C@@H]1C)C1CC1. The van der Waals surface area contributed by atoms with E-state index in [1.54, 1.807) is 0 Å². The lowest BCUT2D eigenvalue weighted by Crippen LogP contribution is -2.61. The Morgan fingerprint density at radius 1 is 1.16 bits per heavy atom. The first kappa shape index (κ1) is 15.3. The fourth-order valence-electron chi connectivity index (χ4n) is 3.69. The average Bonchev–Trinajstić information content (AvgIpc) is 3.23. The number of nitrogens with one attached hydrogen (secondary N) is 1. The highest BCUT2D eigenvalue weighted by Gasteiger charge is 2.46. The van der Waals surface area contributed by atoms with E-state index >= 15 is 0 Å². The molecule has 1 heterocycles. The van der Waals surface area contributed by atoms with Gasteiger partial charge in [0.05, 0.1) is 12.1 Å². The summed E-state index contributed by atoms with van der Waals surface area (Å²) in [5, 5.41) is 13.7. The van der Waals surface area contributed by atoms with Crippen molar-refractivity contribution in [1.82, 2.24) is 10.2 Å². The number of hydrogen-bond donors (Lipinski definition) is 2. The van der Waals surface area contributed by atoms with Crippen molar-refractivity contribution in [2.75, 3.05) is 19.7 Å². The molecule has 1 saturated heterocycles. The van der Waals surface area contributed by atoms with Crippen LogP contribution in [0.1, 0.15) is 59.3 Å². The van der Waals surface area contributed by atoms with Crippen molar-refractivity contribution < 1.29 is 5.11 Å². The maximum atomic E-state index is 10.0. The van der Waals surface area contributed by atoms with Crippen LogP contribution >= 0.6 is 0 Å². The first-order valence-corrected chi connectivity index (χ1v) is 8.24. The lowest BCUT2D eigenvalue weighted by molar-refractivity contribution is 0.0312. The van der Waals surface area contributed by atoms with Crippen molar-refractivity contribution >= 4 is 0 Å². The minimum absolute atomic E-state index is 0.0458. The third kappa shape index (κ3) is 3.50. The first-order valence-electron chi connectivity index (χ1n) is 8.24. The van der Waals surface area contributed by atoms with E-state index in [4.69, 9.17) is 0 Å². The number of aliphatic hydroxyl groups excluding tert-OH is 1. The molecule has 2 aliphatic rings. The van der Waals surface area contributed by atoms with Gasteiger partial charge >= 0.3 is 0 Å². The molecule has 0 amide bonds. The van der Waals surface area contributed by atoms with Gasteiger partial charge in [0.25, 0.3) is 0 Å². The molecule has 1 saturated carbocycles. The Balaban J connectivity index is 2.05. The van der Waals surface area contributed by atoms with Crippen LogP contribution in [-0.4, -0.2) is 47.3 Å². The predicted octanol–water partition coefficient (Wildman–Crippen LogP) is 2.39. The molecule has 1 aliphatic carbocycles. The number of hydrogen-bond acceptors (Lipinski definition) is 3. The van der Waals surface area contributed by atoms with Gasteiger partial charge in [0, 0.05) is 18.6 Å². The fraction of sp³-hybridized carbons (Fsp3) is 1.00. The van der Waals surface area contributed by atoms with E-state index in [2.05, 4.69) is 31.0 Å². The van der Waals surface area contributed by atoms with E-state index in [-0.39, 0.29) is 12.1 Å². The predicted molar refractivity (Wildman–Crippen MR) is 80.3 cm³/mol. The molecule has 0 spiro atoms. The largest absolute Gasteiger partial charge is 0.394 e. The first-order chi connectivity index (χ1) is 9.13. The molecule has 3 atom stereocenters. The van der Waals surface area contributed by atoms with Gasteiger partial charge in [-0.15, -0.1) is 0 Å². The second-order valence-electron chi connectivity index (χ2n) is 6.82. The smallest absolute Gasteiger partial charge is 0.0628 e. The minimum Gasteiger partial charge on any atom is -0.394 e. The molecule has 0 aromatic rings. The van der Waals surface area contributed by atoms with Crippen molar-refractivity contribution in [3.63, 3.8) is 0 Å². The van der Waals surface area contributed by atoms with Gasteiger partial charge in [-0.2, -0.15) is 0 Å². The molecular formula is C16H32N2O. The van der Waals surface area contributed by atoms with Crippen molar-refractivity contribution in [3.8, 4) is 0 Å². The molecule has 3 nitrogen and oxygen atoms in total. The number of piperidine rings is 1. The van der Waals surface area contributed by atoms with Crippen LogP contribution in [0.5, 0.6) is 0 Å². The summed E-state index contributed by atoms with van der Waals surface area (Å²) in [7, 11) is 0. The monoisotopic (exact) mass is 268 g/mol. The second kappa shape index (κ2) is 6.55. The van der Waals surface area contributed by atoms with Gasteiger partial charge in [0.15, 0.2) is 0 Å². The van der Waals surface area contributed by atoms with Gasteiger partial charge in [-0.1, -0.05) is 13.3 Å². The van der Waals surface area contributed by atoms with Crippen LogP contribution in [0, 0.1) is 5.92 Å². The van der Waals surface area contributed by atoms with E-state index in [0.717, 1.165) is 19.5 Å². The van der Waals surface area contributed by atoms with Gasteiger partial charge in [-0.05, 0) is 58.4 Å². The van der Waals surface area contributed by atoms with Crippen LogP contribution in [0.25, 0.3) is 0 Å². The van der Waals surface area contributed by atoms with E-state index < -0.39 is 0 Å². The van der Waals surface area contributed by atoms with Gasteiger partial charge < -0.3 is 10.4 Å². The molecule has 0 bridgehead atoms. The molecule has 2 fully saturated rings. The highest BCUT2D eigenvalue weighted by atomic mass is 16.3. The Labute approximate surface area is 118 Å². The van der Waals surface area contributed by atoms with Crippen LogP contribution in [0.15, 0.2) is 0 Å². The summed E-state index contributed by atoms with van der Waals surface area (Å²) in [6, 6.07) is 1.33. The van der Waals surface area contributed by atoms with Crippen molar-refractivity contribution in [1.29, 1.82) is 0 Å². The quantitative estimate of drug-likeness (QED) is 0.744. The van der Waals surface area contributed by atoms with Gasteiger partial charge in [0.2, 0.25) is 0 Å². The van der Waals surface area contributed by atoms with Crippen LogP contribution in [0.4, 0.5) is 0 Å². The summed E-state index contributed by atoms with van der Waals surface area (Å²) >= 11 is 0. The number of rotatable bonds is 7. The van der Waals surface area contributed by atoms with Crippen LogP contribution in [0.3, 0.4) is 0 Å². The lowest BCUT2D eigenvalue weighted by atomic mass is 9.89. The van der Waals surface area contributed by atoms with Crippen LogP contribution < -0.4 is 5.32 Å². The van der Waals surface area contributed by atoms with Crippen LogP contribution in [-0.2, 0) is 0 Å². The van der Waals surface area contributed by atoms with Gasteiger partial charge in [-0.25, -0.2) is 0 Å². The third-order valence-corrected chi connectivity index (χ3v) is 5.21. The summed E-state index contributed by atoms with van der Waals surface area (Å²) < 4.78 is 0. The maximum Gasteiger partial charge on any atom is 0.0628 e. The molecule has 19 heavy (non-hydrogen) atoms. The highest BCUT2D eigenvalue weighted by molar-refractivity contribution is 5.04. The zero-order valence-electron chi connectivity index (χ0n) is 13.0. The normalized spacial score (nSPS) is 32.2. The third-order valence-electron chi connectivity index (χ3n) is 5.21. The van der Waals surface area contributed by atoms with Gasteiger partial charge in [0.1, 0.15) is 0 Å². The molecule has 0 aromatic carbocycles. The molecule has 1 aliphatic heterocycles. The van der Waals surface area contributed by atoms with E-state index in [1.807, 2.05) is 0 Å². The average molecular weight is 268 g/mol. The molecule has 112 valence electrons. The Hall–Kier alpha value is -0.120. The van der Waals surface area contributed by atoms with E-state index in [9.17, 15) is 5.11 Å². The molecule has 0 radical (unpaired) electrons. The zero-order chi connectivity index (χ0) is 13.9. The number of likely N-dealkylation sites (tertiary alicyclic amines) is 1. The molecule has 2 N–H and O–H groups in total. The highest BCUT2D eigenvalue weighted by Crippen LogP contribution is 2.41. The fourth-order valence-corrected chi connectivity index (χ4v) is 3.69. The molecule has 2 rings (SSSR count). The topological polar surface area (TPSA) is 35.5 Å². The van der Waals surface area contributed by atoms with Crippen LogP contribution in [0.2, 0.25) is 0 Å². The Morgan fingerprint density at radius 2 is 1.79 bits per heavy atom. The Bertz CT molecular complexity index is 270. The summed E-state index contributed by atoms with van der Waals surface area (Å²) in [6.07, 6.45) is 7.69. The zero-order valence-corrected chi connectivity index (χ0v) is 13.0. The Morgan fingerprint density at radius 3 is 2.26 bits per heavy atom. The summed E-state index contributed by atoms with van der Waals surface area (Å²) in [5.74, 6) is 0.686. The molecular weight excluding hydrogens is 236 g/mol. The van der Waals surface area contributed by atoms with E-state index in [0.29, 0.717) is 18.0 Å². The van der Waals surface area contributed by atoms with E-state index in [1.165, 1.54) is 32.1 Å². The minimum atomic E-state index is -0.0458. The summed E-state index contributed by atoms with van der Waals surface area (Å²) in [4.78, 5) is 2.64. The molecule has 3 heteroatoms. The van der Waals surface area contributed by atoms with Crippen molar-refractivity contribution in [2.45, 2.75) is 76.9 Å². The maximum absolute atomic E-state index is 10.0. The van der Waals surface area contributed by atoms with Crippen molar-refractivity contribution in [3.05, 3.63) is 0 Å². The lowest BCUT2D eigenvalue weighted by Gasteiger charge is -2.46. The van der Waals surface area contributed by atoms with Crippen molar-refractivity contribution in [2.24, 2.45) is 5.92 Å². The Kier molecular flexibility index (Phi) is 5.27. The standard InChI is InChI=1S/C16H32N2O/c1-4-10-17-16(12-19,15-8-9-15)11-18-13(2)6-5-7-14(18)3/h13-15,17,19H,4-12H2,1-3H3/t13-,14+,16?. The molecule has 0 aromatic heterocycles. The number of nitrogens with zero attached hydrogens (tertiary/aromatic N) is 1. The number of aliphatic hydroxyl groups is 1. The molecule has 1 unspecified atom stereocenters.